The topological polar surface area (TPSA) is 58.4 Å². The molecule has 1 aliphatic carbocycles. The van der Waals surface area contributed by atoms with Gasteiger partial charge in [0.05, 0.1) is 0 Å². The van der Waals surface area contributed by atoms with E-state index in [1.165, 1.54) is 12.8 Å². The number of carbonyl (C=O) groups excluding carboxylic acids is 1. The standard InChI is InChI=1S/C17H21N3O2/c1-11(17(21)20-8-2-3-9-20)18-13-6-7-15-14(10-13)19-16(22-15)12-4-5-12/h6-7,10-12,18H,2-5,8-9H2,1H3/t11-/m0/s1. The first-order valence-electron chi connectivity index (χ1n) is 8.16. The number of hydrogen-bond acceptors (Lipinski definition) is 4. The molecule has 1 aromatic carbocycles. The van der Waals surface area contributed by atoms with Gasteiger partial charge >= 0.3 is 0 Å². The first-order valence-corrected chi connectivity index (χ1v) is 8.16. The van der Waals surface area contributed by atoms with Crippen molar-refractivity contribution >= 4 is 22.7 Å². The van der Waals surface area contributed by atoms with Crippen molar-refractivity contribution in [3.05, 3.63) is 24.1 Å². The maximum absolute atomic E-state index is 12.3. The molecule has 2 heterocycles. The zero-order valence-electron chi connectivity index (χ0n) is 12.8. The number of amides is 1. The predicted octanol–water partition coefficient (Wildman–Crippen LogP) is 3.13. The van der Waals surface area contributed by atoms with Crippen LogP contribution in [0.15, 0.2) is 22.6 Å². The van der Waals surface area contributed by atoms with Crippen LogP contribution in [-0.4, -0.2) is 34.9 Å². The Labute approximate surface area is 129 Å². The summed E-state index contributed by atoms with van der Waals surface area (Å²) in [6.07, 6.45) is 4.60. The van der Waals surface area contributed by atoms with Crippen LogP contribution in [0, 0.1) is 0 Å². The fourth-order valence-electron chi connectivity index (χ4n) is 3.06. The van der Waals surface area contributed by atoms with Crippen molar-refractivity contribution in [3.63, 3.8) is 0 Å². The van der Waals surface area contributed by atoms with E-state index in [-0.39, 0.29) is 11.9 Å². The number of carbonyl (C=O) groups is 1. The van der Waals surface area contributed by atoms with Gasteiger partial charge in [0, 0.05) is 24.7 Å². The van der Waals surface area contributed by atoms with Gasteiger partial charge in [-0.2, -0.15) is 0 Å². The molecule has 2 aliphatic rings. The van der Waals surface area contributed by atoms with Gasteiger partial charge in [-0.05, 0) is 50.8 Å². The van der Waals surface area contributed by atoms with Crippen LogP contribution in [0.25, 0.3) is 11.1 Å². The van der Waals surface area contributed by atoms with Crippen LogP contribution in [0.1, 0.15) is 44.4 Å². The first kappa shape index (κ1) is 13.6. The third-order valence-corrected chi connectivity index (χ3v) is 4.50. The van der Waals surface area contributed by atoms with E-state index in [0.717, 1.165) is 48.6 Å². The van der Waals surface area contributed by atoms with Crippen LogP contribution in [0.3, 0.4) is 0 Å². The van der Waals surface area contributed by atoms with Gasteiger partial charge in [0.2, 0.25) is 5.91 Å². The van der Waals surface area contributed by atoms with Crippen LogP contribution in [-0.2, 0) is 4.79 Å². The summed E-state index contributed by atoms with van der Waals surface area (Å²) in [6.45, 7) is 3.69. The molecule has 5 nitrogen and oxygen atoms in total. The number of nitrogens with one attached hydrogen (secondary N) is 1. The SMILES string of the molecule is C[C@H](Nc1ccc2oc(C3CC3)nc2c1)C(=O)N1CCCC1. The second-order valence-electron chi connectivity index (χ2n) is 6.41. The van der Waals surface area contributed by atoms with Gasteiger partial charge in [-0.25, -0.2) is 4.98 Å². The molecule has 4 rings (SSSR count). The summed E-state index contributed by atoms with van der Waals surface area (Å²) in [6, 6.07) is 5.64. The Morgan fingerprint density at radius 2 is 2.14 bits per heavy atom. The van der Waals surface area contributed by atoms with E-state index in [9.17, 15) is 4.79 Å². The van der Waals surface area contributed by atoms with Crippen molar-refractivity contribution in [2.24, 2.45) is 0 Å². The van der Waals surface area contributed by atoms with Crippen LogP contribution >= 0.6 is 0 Å². The van der Waals surface area contributed by atoms with Crippen molar-refractivity contribution in [2.45, 2.75) is 44.6 Å². The summed E-state index contributed by atoms with van der Waals surface area (Å²) in [7, 11) is 0. The van der Waals surface area contributed by atoms with Gasteiger partial charge in [-0.1, -0.05) is 0 Å². The average molecular weight is 299 g/mol. The number of hydrogen-bond donors (Lipinski definition) is 1. The predicted molar refractivity (Wildman–Crippen MR) is 84.9 cm³/mol. The maximum Gasteiger partial charge on any atom is 0.244 e. The molecule has 0 bridgehead atoms. The minimum atomic E-state index is -0.217. The molecule has 5 heteroatoms. The summed E-state index contributed by atoms with van der Waals surface area (Å²) in [4.78, 5) is 18.8. The molecule has 1 saturated heterocycles. The number of fused-ring (bicyclic) bond motifs is 1. The molecule has 1 aliphatic heterocycles. The molecule has 2 aromatic rings. The molecule has 0 unspecified atom stereocenters. The number of nitrogens with zero attached hydrogens (tertiary/aromatic N) is 2. The molecule has 1 saturated carbocycles. The number of oxazole rings is 1. The van der Waals surface area contributed by atoms with Crippen LogP contribution < -0.4 is 5.32 Å². The van der Waals surface area contributed by atoms with Crippen molar-refractivity contribution in [2.75, 3.05) is 18.4 Å². The highest BCUT2D eigenvalue weighted by Crippen LogP contribution is 2.40. The highest BCUT2D eigenvalue weighted by atomic mass is 16.3. The quantitative estimate of drug-likeness (QED) is 0.942. The van der Waals surface area contributed by atoms with E-state index in [1.54, 1.807) is 0 Å². The van der Waals surface area contributed by atoms with Crippen molar-refractivity contribution < 1.29 is 9.21 Å². The molecule has 116 valence electrons. The molecule has 1 N–H and O–H groups in total. The summed E-state index contributed by atoms with van der Waals surface area (Å²) < 4.78 is 5.77. The summed E-state index contributed by atoms with van der Waals surface area (Å²) >= 11 is 0. The van der Waals surface area contributed by atoms with Crippen molar-refractivity contribution in [1.82, 2.24) is 9.88 Å². The lowest BCUT2D eigenvalue weighted by Gasteiger charge is -2.21. The number of likely N-dealkylation sites (tertiary alicyclic amines) is 1. The number of anilines is 1. The van der Waals surface area contributed by atoms with Gasteiger partial charge < -0.3 is 14.6 Å². The highest BCUT2D eigenvalue weighted by molar-refractivity contribution is 5.85. The number of aromatic nitrogens is 1. The summed E-state index contributed by atoms with van der Waals surface area (Å²) in [5, 5.41) is 3.29. The third kappa shape index (κ3) is 2.56. The minimum absolute atomic E-state index is 0.177. The van der Waals surface area contributed by atoms with Crippen LogP contribution in [0.5, 0.6) is 0 Å². The Hall–Kier alpha value is -2.04. The molecule has 0 spiro atoms. The fourth-order valence-corrected chi connectivity index (χ4v) is 3.06. The molecule has 1 atom stereocenters. The fraction of sp³-hybridized carbons (Fsp3) is 0.529. The lowest BCUT2D eigenvalue weighted by molar-refractivity contribution is -0.130. The summed E-state index contributed by atoms with van der Waals surface area (Å²) in [5.41, 5.74) is 2.61. The lowest BCUT2D eigenvalue weighted by Crippen LogP contribution is -2.39. The van der Waals surface area contributed by atoms with E-state index < -0.39 is 0 Å². The van der Waals surface area contributed by atoms with Gasteiger partial charge in [-0.3, -0.25) is 4.79 Å². The zero-order valence-corrected chi connectivity index (χ0v) is 12.8. The molecule has 1 aromatic heterocycles. The summed E-state index contributed by atoms with van der Waals surface area (Å²) in [5.74, 6) is 1.55. The first-order chi connectivity index (χ1) is 10.7. The van der Waals surface area contributed by atoms with Gasteiger partial charge in [0.15, 0.2) is 11.5 Å². The highest BCUT2D eigenvalue weighted by Gasteiger charge is 2.29. The molecule has 22 heavy (non-hydrogen) atoms. The number of benzene rings is 1. The monoisotopic (exact) mass is 299 g/mol. The van der Waals surface area contributed by atoms with Gasteiger partial charge in [-0.15, -0.1) is 0 Å². The molecule has 1 amide bonds. The Balaban J connectivity index is 1.49. The van der Waals surface area contributed by atoms with E-state index >= 15 is 0 Å². The van der Waals surface area contributed by atoms with E-state index in [1.807, 2.05) is 30.0 Å². The number of rotatable bonds is 4. The van der Waals surface area contributed by atoms with Crippen molar-refractivity contribution in [3.8, 4) is 0 Å². The second-order valence-corrected chi connectivity index (χ2v) is 6.41. The zero-order chi connectivity index (χ0) is 15.1. The molecular weight excluding hydrogens is 278 g/mol. The van der Waals surface area contributed by atoms with Crippen molar-refractivity contribution in [1.29, 1.82) is 0 Å². The Morgan fingerprint density at radius 3 is 2.86 bits per heavy atom. The van der Waals surface area contributed by atoms with E-state index in [4.69, 9.17) is 4.42 Å². The Bertz CT molecular complexity index is 699. The van der Waals surface area contributed by atoms with E-state index in [0.29, 0.717) is 5.92 Å². The smallest absolute Gasteiger partial charge is 0.244 e. The minimum Gasteiger partial charge on any atom is -0.440 e. The van der Waals surface area contributed by atoms with Crippen LogP contribution in [0.4, 0.5) is 5.69 Å². The van der Waals surface area contributed by atoms with Gasteiger partial charge in [0.25, 0.3) is 0 Å². The average Bonchev–Trinajstić information content (AvgIpc) is 3.07. The largest absolute Gasteiger partial charge is 0.440 e. The van der Waals surface area contributed by atoms with Gasteiger partial charge in [0.1, 0.15) is 11.6 Å². The second kappa shape index (κ2) is 5.30. The molecule has 0 radical (unpaired) electrons. The van der Waals surface area contributed by atoms with Crippen LogP contribution in [0.2, 0.25) is 0 Å². The maximum atomic E-state index is 12.3. The molecular formula is C17H21N3O2. The lowest BCUT2D eigenvalue weighted by atomic mass is 10.2. The normalized spacial score (nSPS) is 19.6. The third-order valence-electron chi connectivity index (χ3n) is 4.50. The van der Waals surface area contributed by atoms with E-state index in [2.05, 4.69) is 10.3 Å². The Morgan fingerprint density at radius 1 is 1.36 bits per heavy atom. The molecule has 2 fully saturated rings. The Kier molecular flexibility index (Phi) is 3.28.